The fraction of sp³-hybridized carbons (Fsp3) is 0.417. The van der Waals surface area contributed by atoms with E-state index in [9.17, 15) is 28.8 Å². The van der Waals surface area contributed by atoms with Crippen LogP contribution in [0.25, 0.3) is 0 Å². The van der Waals surface area contributed by atoms with Gasteiger partial charge in [-0.15, -0.1) is 0 Å². The molecule has 0 spiro atoms. The molecule has 1 fully saturated rings. The monoisotopic (exact) mass is 286 g/mol. The molecule has 6 nitrogen and oxygen atoms in total. The van der Waals surface area contributed by atoms with Crippen molar-refractivity contribution in [3.05, 3.63) is 39.4 Å². The second-order valence-electron chi connectivity index (χ2n) is 4.99. The topological polar surface area (TPSA) is 83.7 Å². The summed E-state index contributed by atoms with van der Waals surface area (Å²) in [6.45, 7) is 1.56. The van der Waals surface area contributed by atoms with E-state index < -0.39 is 39.3 Å². The standard InChI is InChI=1S/C12H12F2N2O4/c1-12(18)4-5-15(6-12)11(17)9-7(13)2-3-8(10(9)14)16(19)20/h2-3,18H,4-6H2,1H3. The maximum atomic E-state index is 13.9. The fourth-order valence-corrected chi connectivity index (χ4v) is 2.16. The van der Waals surface area contributed by atoms with Gasteiger partial charge in [0.25, 0.3) is 5.91 Å². The molecule has 1 aromatic rings. The van der Waals surface area contributed by atoms with Crippen molar-refractivity contribution in [1.82, 2.24) is 4.90 Å². The third-order valence-electron chi connectivity index (χ3n) is 3.22. The van der Waals surface area contributed by atoms with Crippen LogP contribution < -0.4 is 0 Å². The summed E-state index contributed by atoms with van der Waals surface area (Å²) in [6.07, 6.45) is 0.275. The Morgan fingerprint density at radius 1 is 1.50 bits per heavy atom. The average molecular weight is 286 g/mol. The van der Waals surface area contributed by atoms with Gasteiger partial charge in [-0.1, -0.05) is 0 Å². The summed E-state index contributed by atoms with van der Waals surface area (Å²) in [6, 6.07) is 1.35. The molecule has 1 atom stereocenters. The zero-order chi connectivity index (χ0) is 15.1. The van der Waals surface area contributed by atoms with Crippen LogP contribution in [0.5, 0.6) is 0 Å². The van der Waals surface area contributed by atoms with Crippen molar-refractivity contribution >= 4 is 11.6 Å². The molecule has 0 aromatic heterocycles. The van der Waals surface area contributed by atoms with Crippen LogP contribution in [0, 0.1) is 21.7 Å². The SMILES string of the molecule is CC1(O)CCN(C(=O)c2c(F)ccc([N+](=O)[O-])c2F)C1. The number of amides is 1. The van der Waals surface area contributed by atoms with Crippen LogP contribution in [-0.4, -0.2) is 39.5 Å². The number of carbonyl (C=O) groups excluding carboxylic acids is 1. The lowest BCUT2D eigenvalue weighted by Crippen LogP contribution is -2.34. The summed E-state index contributed by atoms with van der Waals surface area (Å²) in [4.78, 5) is 22.7. The molecule has 1 heterocycles. The van der Waals surface area contributed by atoms with E-state index in [2.05, 4.69) is 0 Å². The van der Waals surface area contributed by atoms with Crippen LogP contribution in [-0.2, 0) is 0 Å². The van der Waals surface area contributed by atoms with Crippen molar-refractivity contribution in [2.24, 2.45) is 0 Å². The van der Waals surface area contributed by atoms with Crippen molar-refractivity contribution < 1.29 is 23.6 Å². The number of halogens is 2. The Balaban J connectivity index is 2.40. The van der Waals surface area contributed by atoms with Gasteiger partial charge in [-0.2, -0.15) is 4.39 Å². The van der Waals surface area contributed by atoms with Crippen molar-refractivity contribution in [2.75, 3.05) is 13.1 Å². The minimum atomic E-state index is -1.49. The number of rotatable bonds is 2. The van der Waals surface area contributed by atoms with E-state index in [4.69, 9.17) is 0 Å². The van der Waals surface area contributed by atoms with E-state index >= 15 is 0 Å². The molecule has 1 aliphatic heterocycles. The number of nitro groups is 1. The molecule has 1 aliphatic rings. The molecule has 0 saturated carbocycles. The molecule has 1 unspecified atom stereocenters. The minimum Gasteiger partial charge on any atom is -0.388 e. The first-order valence-corrected chi connectivity index (χ1v) is 5.87. The Morgan fingerprint density at radius 3 is 2.65 bits per heavy atom. The number of hydrogen-bond acceptors (Lipinski definition) is 4. The number of nitrogens with zero attached hydrogens (tertiary/aromatic N) is 2. The van der Waals surface area contributed by atoms with Gasteiger partial charge in [0.15, 0.2) is 0 Å². The molecule has 0 radical (unpaired) electrons. The zero-order valence-corrected chi connectivity index (χ0v) is 10.6. The second-order valence-corrected chi connectivity index (χ2v) is 4.99. The van der Waals surface area contributed by atoms with E-state index in [-0.39, 0.29) is 19.5 Å². The normalized spacial score (nSPS) is 22.1. The maximum Gasteiger partial charge on any atom is 0.305 e. The van der Waals surface area contributed by atoms with Gasteiger partial charge in [-0.25, -0.2) is 4.39 Å². The highest BCUT2D eigenvalue weighted by Gasteiger charge is 2.37. The van der Waals surface area contributed by atoms with Crippen molar-refractivity contribution in [3.8, 4) is 0 Å². The quantitative estimate of drug-likeness (QED) is 0.659. The van der Waals surface area contributed by atoms with E-state index in [1.807, 2.05) is 0 Å². The lowest BCUT2D eigenvalue weighted by atomic mass is 10.1. The van der Waals surface area contributed by atoms with Gasteiger partial charge in [0.1, 0.15) is 11.4 Å². The zero-order valence-electron chi connectivity index (χ0n) is 10.6. The van der Waals surface area contributed by atoms with Gasteiger partial charge in [0.05, 0.1) is 10.5 Å². The summed E-state index contributed by atoms with van der Waals surface area (Å²) >= 11 is 0. The second kappa shape index (κ2) is 4.78. The highest BCUT2D eigenvalue weighted by Crippen LogP contribution is 2.27. The first-order chi connectivity index (χ1) is 9.23. The maximum absolute atomic E-state index is 13.9. The van der Waals surface area contributed by atoms with E-state index in [1.54, 1.807) is 0 Å². The highest BCUT2D eigenvalue weighted by atomic mass is 19.1. The van der Waals surface area contributed by atoms with Crippen LogP contribution in [0.15, 0.2) is 12.1 Å². The van der Waals surface area contributed by atoms with Crippen molar-refractivity contribution in [3.63, 3.8) is 0 Å². The Labute approximate surface area is 112 Å². The molecule has 1 aromatic carbocycles. The number of carbonyl (C=O) groups is 1. The van der Waals surface area contributed by atoms with Gasteiger partial charge >= 0.3 is 5.69 Å². The molecule has 20 heavy (non-hydrogen) atoms. The molecule has 0 aliphatic carbocycles. The van der Waals surface area contributed by atoms with Gasteiger partial charge in [0.2, 0.25) is 5.82 Å². The third-order valence-corrected chi connectivity index (χ3v) is 3.22. The van der Waals surface area contributed by atoms with Crippen molar-refractivity contribution in [2.45, 2.75) is 18.9 Å². The lowest BCUT2D eigenvalue weighted by molar-refractivity contribution is -0.387. The van der Waals surface area contributed by atoms with Crippen LogP contribution in [0.2, 0.25) is 0 Å². The minimum absolute atomic E-state index is 0.0760. The molecule has 2 rings (SSSR count). The Morgan fingerprint density at radius 2 is 2.15 bits per heavy atom. The molecule has 1 saturated heterocycles. The third kappa shape index (κ3) is 2.46. The smallest absolute Gasteiger partial charge is 0.305 e. The Hall–Kier alpha value is -2.09. The molecular formula is C12H12F2N2O4. The van der Waals surface area contributed by atoms with Gasteiger partial charge in [-0.3, -0.25) is 14.9 Å². The number of nitro benzene ring substituents is 1. The van der Waals surface area contributed by atoms with E-state index in [0.717, 1.165) is 4.90 Å². The van der Waals surface area contributed by atoms with Gasteiger partial charge < -0.3 is 10.0 Å². The number of likely N-dealkylation sites (tertiary alicyclic amines) is 1. The summed E-state index contributed by atoms with van der Waals surface area (Å²) < 4.78 is 27.5. The summed E-state index contributed by atoms with van der Waals surface area (Å²) in [5.41, 5.74) is -3.04. The highest BCUT2D eigenvalue weighted by molar-refractivity contribution is 5.95. The average Bonchev–Trinajstić information content (AvgIpc) is 2.69. The van der Waals surface area contributed by atoms with Crippen LogP contribution in [0.1, 0.15) is 23.7 Å². The number of aliphatic hydroxyl groups is 1. The van der Waals surface area contributed by atoms with Crippen LogP contribution >= 0.6 is 0 Å². The largest absolute Gasteiger partial charge is 0.388 e. The van der Waals surface area contributed by atoms with Gasteiger partial charge in [-0.05, 0) is 19.4 Å². The molecule has 108 valence electrons. The van der Waals surface area contributed by atoms with Gasteiger partial charge in [0, 0.05) is 19.2 Å². The van der Waals surface area contributed by atoms with E-state index in [0.29, 0.717) is 12.1 Å². The first-order valence-electron chi connectivity index (χ1n) is 5.87. The number of benzene rings is 1. The Bertz CT molecular complexity index is 589. The van der Waals surface area contributed by atoms with Crippen LogP contribution in [0.4, 0.5) is 14.5 Å². The van der Waals surface area contributed by atoms with E-state index in [1.165, 1.54) is 6.92 Å². The molecule has 1 N–H and O–H groups in total. The van der Waals surface area contributed by atoms with Crippen molar-refractivity contribution in [1.29, 1.82) is 0 Å². The molecule has 8 heteroatoms. The van der Waals surface area contributed by atoms with Crippen LogP contribution in [0.3, 0.4) is 0 Å². The fourth-order valence-electron chi connectivity index (χ4n) is 2.16. The summed E-state index contributed by atoms with van der Waals surface area (Å²) in [5.74, 6) is -3.65. The predicted molar refractivity (Wildman–Crippen MR) is 64.2 cm³/mol. The number of β-amino-alcohol motifs (C(OH)–C–C–N with tert-alkyl or cyclic N) is 1. The first kappa shape index (κ1) is 14.3. The number of hydrogen-bond donors (Lipinski definition) is 1. The Kier molecular flexibility index (Phi) is 3.43. The molecular weight excluding hydrogens is 274 g/mol. The summed E-state index contributed by atoms with van der Waals surface area (Å²) in [5, 5.41) is 20.4. The lowest BCUT2D eigenvalue weighted by Gasteiger charge is -2.19. The summed E-state index contributed by atoms with van der Waals surface area (Å²) in [7, 11) is 0. The molecule has 0 bridgehead atoms. The molecule has 1 amide bonds. The predicted octanol–water partition coefficient (Wildman–Crippen LogP) is 1.47.